The molecule has 0 aromatic carbocycles. The smallest absolute Gasteiger partial charge is 0.315 e. The Morgan fingerprint density at radius 1 is 1.52 bits per heavy atom. The highest BCUT2D eigenvalue weighted by Gasteiger charge is 2.32. The van der Waals surface area contributed by atoms with E-state index in [1.807, 2.05) is 6.92 Å². The van der Waals surface area contributed by atoms with Crippen molar-refractivity contribution < 1.29 is 14.3 Å². The number of anilines is 1. The van der Waals surface area contributed by atoms with Gasteiger partial charge in [0.2, 0.25) is 0 Å². The van der Waals surface area contributed by atoms with E-state index >= 15 is 0 Å². The number of hydrogen-bond donors (Lipinski definition) is 1. The van der Waals surface area contributed by atoms with Crippen molar-refractivity contribution >= 4 is 22.4 Å². The second-order valence-corrected chi connectivity index (χ2v) is 7.05. The van der Waals surface area contributed by atoms with E-state index in [0.717, 1.165) is 30.1 Å². The molecule has 0 radical (unpaired) electrons. The molecule has 5 nitrogen and oxygen atoms in total. The quantitative estimate of drug-likeness (QED) is 0.818. The second-order valence-electron chi connectivity index (χ2n) is 5.97. The third kappa shape index (κ3) is 3.95. The lowest BCUT2D eigenvalue weighted by molar-refractivity contribution is -0.145. The molecule has 118 valence electrons. The summed E-state index contributed by atoms with van der Waals surface area (Å²) >= 11 is 1.64. The zero-order chi connectivity index (χ0) is 15.5. The maximum atomic E-state index is 12.1. The van der Waals surface area contributed by atoms with Gasteiger partial charge in [0.25, 0.3) is 0 Å². The molecule has 1 aromatic heterocycles. The Kier molecular flexibility index (Phi) is 5.22. The van der Waals surface area contributed by atoms with Crippen molar-refractivity contribution in [2.45, 2.75) is 51.5 Å². The van der Waals surface area contributed by atoms with Gasteiger partial charge in [-0.1, -0.05) is 0 Å². The Labute approximate surface area is 130 Å². The molecule has 1 aliphatic carbocycles. The molecule has 6 heteroatoms. The number of aryl methyl sites for hydroxylation is 1. The van der Waals surface area contributed by atoms with E-state index in [0.29, 0.717) is 13.2 Å². The summed E-state index contributed by atoms with van der Waals surface area (Å²) in [6.45, 7) is 6.99. The van der Waals surface area contributed by atoms with Crippen LogP contribution in [0.1, 0.15) is 50.1 Å². The summed E-state index contributed by atoms with van der Waals surface area (Å²) in [5, 5.41) is 4.26. The Hall–Kier alpha value is -1.14. The number of carbonyl (C=O) groups is 1. The van der Waals surface area contributed by atoms with Crippen molar-refractivity contribution in [2.24, 2.45) is 0 Å². The number of nitrogens with one attached hydrogen (secondary N) is 1. The molecule has 0 aliphatic heterocycles. The van der Waals surface area contributed by atoms with Crippen molar-refractivity contribution in [1.82, 2.24) is 4.98 Å². The Morgan fingerprint density at radius 3 is 2.95 bits per heavy atom. The van der Waals surface area contributed by atoms with Crippen molar-refractivity contribution in [1.29, 1.82) is 0 Å². The summed E-state index contributed by atoms with van der Waals surface area (Å²) in [4.78, 5) is 17.9. The molecular formula is C15H24N2O3S. The zero-order valence-corrected chi connectivity index (χ0v) is 14.0. The van der Waals surface area contributed by atoms with Crippen LogP contribution in [-0.4, -0.2) is 36.8 Å². The predicted octanol–water partition coefficient (Wildman–Crippen LogP) is 2.96. The van der Waals surface area contributed by atoms with Gasteiger partial charge in [-0.25, -0.2) is 4.98 Å². The molecule has 1 atom stereocenters. The van der Waals surface area contributed by atoms with E-state index in [-0.39, 0.29) is 17.4 Å². The van der Waals surface area contributed by atoms with Gasteiger partial charge in [0.05, 0.1) is 24.4 Å². The van der Waals surface area contributed by atoms with Crippen molar-refractivity contribution in [3.05, 3.63) is 10.6 Å². The maximum Gasteiger partial charge on any atom is 0.315 e. The van der Waals surface area contributed by atoms with Crippen molar-refractivity contribution in [2.75, 3.05) is 25.6 Å². The number of aromatic nitrogens is 1. The number of thiazole rings is 1. The summed E-state index contributed by atoms with van der Waals surface area (Å²) in [5.74, 6) is -0.350. The summed E-state index contributed by atoms with van der Waals surface area (Å²) in [6, 6.07) is 0. The van der Waals surface area contributed by atoms with Crippen LogP contribution in [0.5, 0.6) is 0 Å². The number of ether oxygens (including phenoxy) is 2. The third-order valence-electron chi connectivity index (χ3n) is 3.48. The van der Waals surface area contributed by atoms with Crippen LogP contribution >= 0.6 is 11.3 Å². The van der Waals surface area contributed by atoms with Gasteiger partial charge >= 0.3 is 5.97 Å². The van der Waals surface area contributed by atoms with Gasteiger partial charge in [0.1, 0.15) is 5.92 Å². The maximum absolute atomic E-state index is 12.1. The van der Waals surface area contributed by atoms with Crippen molar-refractivity contribution in [3.63, 3.8) is 0 Å². The SMILES string of the molecule is CCOC(=O)C1CCCc2sc(NC(C)(C)COC)nc21. The minimum atomic E-state index is -0.203. The summed E-state index contributed by atoms with van der Waals surface area (Å²) in [6.07, 6.45) is 2.84. The average molecular weight is 312 g/mol. The largest absolute Gasteiger partial charge is 0.465 e. The molecule has 0 fully saturated rings. The monoisotopic (exact) mass is 312 g/mol. The fourth-order valence-electron chi connectivity index (χ4n) is 2.63. The molecule has 0 saturated heterocycles. The molecule has 0 spiro atoms. The van der Waals surface area contributed by atoms with Gasteiger partial charge in [0.15, 0.2) is 5.13 Å². The summed E-state index contributed by atoms with van der Waals surface area (Å²) < 4.78 is 10.4. The number of carbonyl (C=O) groups excluding carboxylic acids is 1. The number of nitrogens with zero attached hydrogens (tertiary/aromatic N) is 1. The number of esters is 1. The van der Waals surface area contributed by atoms with Gasteiger partial charge in [-0.05, 0) is 40.0 Å². The molecule has 1 aliphatic rings. The highest BCUT2D eigenvalue weighted by molar-refractivity contribution is 7.15. The topological polar surface area (TPSA) is 60.5 Å². The normalized spacial score (nSPS) is 18.2. The third-order valence-corrected chi connectivity index (χ3v) is 4.52. The van der Waals surface area contributed by atoms with E-state index in [1.165, 1.54) is 4.88 Å². The summed E-state index contributed by atoms with van der Waals surface area (Å²) in [5.41, 5.74) is 0.717. The van der Waals surface area contributed by atoms with Gasteiger partial charge < -0.3 is 14.8 Å². The molecule has 2 rings (SSSR count). The van der Waals surface area contributed by atoms with Crippen LogP contribution in [0.4, 0.5) is 5.13 Å². The van der Waals surface area contributed by atoms with Crippen LogP contribution in [0, 0.1) is 0 Å². The van der Waals surface area contributed by atoms with Crippen LogP contribution in [0.15, 0.2) is 0 Å². The highest BCUT2D eigenvalue weighted by Crippen LogP contribution is 2.38. The van der Waals surface area contributed by atoms with Crippen molar-refractivity contribution in [3.8, 4) is 0 Å². The lowest BCUT2D eigenvalue weighted by atomic mass is 9.91. The molecule has 1 unspecified atom stereocenters. The van der Waals surface area contributed by atoms with E-state index in [2.05, 4.69) is 24.1 Å². The van der Waals surface area contributed by atoms with Crippen LogP contribution in [-0.2, 0) is 20.7 Å². The molecule has 0 amide bonds. The molecule has 1 N–H and O–H groups in total. The Morgan fingerprint density at radius 2 is 2.29 bits per heavy atom. The van der Waals surface area contributed by atoms with Gasteiger partial charge in [-0.3, -0.25) is 4.79 Å². The van der Waals surface area contributed by atoms with Gasteiger partial charge in [0, 0.05) is 12.0 Å². The summed E-state index contributed by atoms with van der Waals surface area (Å²) in [7, 11) is 1.69. The molecule has 21 heavy (non-hydrogen) atoms. The zero-order valence-electron chi connectivity index (χ0n) is 13.2. The standard InChI is InChI=1S/C15H24N2O3S/c1-5-20-13(18)10-7-6-8-11-12(10)16-14(21-11)17-15(2,3)9-19-4/h10H,5-9H2,1-4H3,(H,16,17). The number of fused-ring (bicyclic) bond motifs is 1. The Bertz CT molecular complexity index is 499. The molecular weight excluding hydrogens is 288 g/mol. The molecule has 0 bridgehead atoms. The van der Waals surface area contributed by atoms with Gasteiger partial charge in [-0.15, -0.1) is 11.3 Å². The van der Waals surface area contributed by atoms with E-state index in [4.69, 9.17) is 9.47 Å². The molecule has 1 heterocycles. The molecule has 0 saturated carbocycles. The number of rotatable bonds is 6. The first-order valence-corrected chi connectivity index (χ1v) is 8.22. The van der Waals surface area contributed by atoms with E-state index in [1.54, 1.807) is 18.4 Å². The van der Waals surface area contributed by atoms with Crippen LogP contribution in [0.25, 0.3) is 0 Å². The number of methoxy groups -OCH3 is 1. The second kappa shape index (κ2) is 6.75. The predicted molar refractivity (Wildman–Crippen MR) is 84.0 cm³/mol. The van der Waals surface area contributed by atoms with Crippen LogP contribution < -0.4 is 5.32 Å². The fraction of sp³-hybridized carbons (Fsp3) is 0.733. The lowest BCUT2D eigenvalue weighted by Crippen LogP contribution is -2.35. The first kappa shape index (κ1) is 16.2. The number of hydrogen-bond acceptors (Lipinski definition) is 6. The first-order chi connectivity index (χ1) is 9.96. The first-order valence-electron chi connectivity index (χ1n) is 7.40. The van der Waals surface area contributed by atoms with E-state index < -0.39 is 0 Å². The van der Waals surface area contributed by atoms with Crippen LogP contribution in [0.3, 0.4) is 0 Å². The van der Waals surface area contributed by atoms with Crippen LogP contribution in [0.2, 0.25) is 0 Å². The minimum absolute atomic E-state index is 0.147. The average Bonchev–Trinajstić information content (AvgIpc) is 2.79. The molecule has 1 aromatic rings. The highest BCUT2D eigenvalue weighted by atomic mass is 32.1. The fourth-order valence-corrected chi connectivity index (χ4v) is 3.87. The Balaban J connectivity index is 2.17. The van der Waals surface area contributed by atoms with Gasteiger partial charge in [-0.2, -0.15) is 0 Å². The minimum Gasteiger partial charge on any atom is -0.465 e. The van der Waals surface area contributed by atoms with E-state index in [9.17, 15) is 4.79 Å². The lowest BCUT2D eigenvalue weighted by Gasteiger charge is -2.24.